The molecule has 1 fully saturated rings. The average molecular weight is 232 g/mol. The number of esters is 1. The summed E-state index contributed by atoms with van der Waals surface area (Å²) < 4.78 is 4.89. The first kappa shape index (κ1) is 12.2. The van der Waals surface area contributed by atoms with Gasteiger partial charge in [-0.1, -0.05) is 38.1 Å². The molecule has 0 N–H and O–H groups in total. The van der Waals surface area contributed by atoms with E-state index < -0.39 is 0 Å². The molecular weight excluding hydrogens is 212 g/mol. The Bertz CT molecular complexity index is 401. The summed E-state index contributed by atoms with van der Waals surface area (Å²) in [7, 11) is 1.47. The minimum atomic E-state index is -0.331. The topological polar surface area (TPSA) is 26.3 Å². The summed E-state index contributed by atoms with van der Waals surface area (Å²) in [6.07, 6.45) is 2.98. The highest BCUT2D eigenvalue weighted by molar-refractivity contribution is 5.86. The van der Waals surface area contributed by atoms with Crippen molar-refractivity contribution in [3.63, 3.8) is 0 Å². The van der Waals surface area contributed by atoms with Gasteiger partial charge in [-0.05, 0) is 36.3 Å². The third kappa shape index (κ3) is 2.08. The summed E-state index contributed by atoms with van der Waals surface area (Å²) in [6, 6.07) is 8.47. The van der Waals surface area contributed by atoms with Crippen molar-refractivity contribution < 1.29 is 9.53 Å². The standard InChI is InChI=1S/C15H20O2/c1-4-11(2)12-5-7-13(8-6-12)15(9-10-15)14(16)17-3/h5-8,11H,4,9-10H2,1-3H3. The van der Waals surface area contributed by atoms with Crippen LogP contribution < -0.4 is 0 Å². The Morgan fingerprint density at radius 3 is 2.35 bits per heavy atom. The SMILES string of the molecule is CCC(C)c1ccc(C2(C(=O)OC)CC2)cc1. The van der Waals surface area contributed by atoms with E-state index in [1.165, 1.54) is 12.7 Å². The van der Waals surface area contributed by atoms with E-state index in [-0.39, 0.29) is 11.4 Å². The van der Waals surface area contributed by atoms with E-state index in [9.17, 15) is 4.79 Å². The maximum atomic E-state index is 11.7. The molecule has 1 aliphatic rings. The molecular formula is C15H20O2. The number of ether oxygens (including phenoxy) is 1. The largest absolute Gasteiger partial charge is 0.468 e. The number of hydrogen-bond acceptors (Lipinski definition) is 2. The molecule has 0 aliphatic heterocycles. The van der Waals surface area contributed by atoms with E-state index in [0.29, 0.717) is 5.92 Å². The van der Waals surface area contributed by atoms with Crippen molar-refractivity contribution in [3.8, 4) is 0 Å². The normalized spacial score (nSPS) is 18.5. The van der Waals surface area contributed by atoms with E-state index in [0.717, 1.165) is 24.8 Å². The van der Waals surface area contributed by atoms with Crippen molar-refractivity contribution in [1.29, 1.82) is 0 Å². The van der Waals surface area contributed by atoms with Crippen molar-refractivity contribution in [2.45, 2.75) is 44.4 Å². The molecule has 2 nitrogen and oxygen atoms in total. The number of rotatable bonds is 4. The van der Waals surface area contributed by atoms with Crippen LogP contribution in [0.3, 0.4) is 0 Å². The molecule has 1 aromatic carbocycles. The van der Waals surface area contributed by atoms with Gasteiger partial charge in [0.25, 0.3) is 0 Å². The molecule has 1 atom stereocenters. The van der Waals surface area contributed by atoms with Crippen LogP contribution in [0.15, 0.2) is 24.3 Å². The number of hydrogen-bond donors (Lipinski definition) is 0. The van der Waals surface area contributed by atoms with Crippen molar-refractivity contribution in [2.75, 3.05) is 7.11 Å². The molecule has 0 aromatic heterocycles. The average Bonchev–Trinajstić information content (AvgIpc) is 3.18. The molecule has 0 bridgehead atoms. The van der Waals surface area contributed by atoms with Gasteiger partial charge in [-0.15, -0.1) is 0 Å². The van der Waals surface area contributed by atoms with E-state index in [2.05, 4.69) is 38.1 Å². The molecule has 0 amide bonds. The Morgan fingerprint density at radius 1 is 1.35 bits per heavy atom. The van der Waals surface area contributed by atoms with Crippen LogP contribution in [0.4, 0.5) is 0 Å². The molecule has 1 aliphatic carbocycles. The third-order valence-electron chi connectivity index (χ3n) is 3.97. The molecule has 0 radical (unpaired) electrons. The van der Waals surface area contributed by atoms with Crippen LogP contribution in [0.5, 0.6) is 0 Å². The maximum absolute atomic E-state index is 11.7. The summed E-state index contributed by atoms with van der Waals surface area (Å²) in [6.45, 7) is 4.41. The van der Waals surface area contributed by atoms with Gasteiger partial charge < -0.3 is 4.74 Å². The van der Waals surface area contributed by atoms with Gasteiger partial charge in [0.1, 0.15) is 0 Å². The Balaban J connectivity index is 2.21. The lowest BCUT2D eigenvalue weighted by Crippen LogP contribution is -2.21. The zero-order valence-electron chi connectivity index (χ0n) is 10.8. The van der Waals surface area contributed by atoms with E-state index in [1.54, 1.807) is 0 Å². The molecule has 1 aromatic rings. The van der Waals surface area contributed by atoms with Crippen molar-refractivity contribution >= 4 is 5.97 Å². The fourth-order valence-corrected chi connectivity index (χ4v) is 2.30. The summed E-state index contributed by atoms with van der Waals surface area (Å²) in [4.78, 5) is 11.7. The molecule has 17 heavy (non-hydrogen) atoms. The molecule has 1 unspecified atom stereocenters. The Hall–Kier alpha value is -1.31. The predicted octanol–water partition coefficient (Wildman–Crippen LogP) is 3.40. The quantitative estimate of drug-likeness (QED) is 0.744. The third-order valence-corrected chi connectivity index (χ3v) is 3.97. The van der Waals surface area contributed by atoms with E-state index >= 15 is 0 Å². The highest BCUT2D eigenvalue weighted by atomic mass is 16.5. The van der Waals surface area contributed by atoms with Crippen LogP contribution >= 0.6 is 0 Å². The summed E-state index contributed by atoms with van der Waals surface area (Å²) >= 11 is 0. The molecule has 0 spiro atoms. The van der Waals surface area contributed by atoms with Crippen LogP contribution in [0.1, 0.15) is 50.2 Å². The Morgan fingerprint density at radius 2 is 1.94 bits per heavy atom. The minimum Gasteiger partial charge on any atom is -0.468 e. The lowest BCUT2D eigenvalue weighted by molar-refractivity contribution is -0.143. The Kier molecular flexibility index (Phi) is 3.23. The molecule has 92 valence electrons. The fraction of sp³-hybridized carbons (Fsp3) is 0.533. The van der Waals surface area contributed by atoms with Gasteiger partial charge in [0.15, 0.2) is 0 Å². The lowest BCUT2D eigenvalue weighted by Gasteiger charge is -2.15. The maximum Gasteiger partial charge on any atom is 0.316 e. The number of carbonyl (C=O) groups excluding carboxylic acids is 1. The zero-order chi connectivity index (χ0) is 12.5. The van der Waals surface area contributed by atoms with Gasteiger partial charge in [0, 0.05) is 0 Å². The van der Waals surface area contributed by atoms with Gasteiger partial charge in [0.05, 0.1) is 12.5 Å². The van der Waals surface area contributed by atoms with Crippen molar-refractivity contribution in [2.24, 2.45) is 0 Å². The van der Waals surface area contributed by atoms with Crippen LogP contribution in [0, 0.1) is 0 Å². The smallest absolute Gasteiger partial charge is 0.316 e. The molecule has 2 heteroatoms. The van der Waals surface area contributed by atoms with Gasteiger partial charge in [0.2, 0.25) is 0 Å². The van der Waals surface area contributed by atoms with Gasteiger partial charge >= 0.3 is 5.97 Å². The van der Waals surface area contributed by atoms with E-state index in [1.807, 2.05) is 0 Å². The molecule has 0 saturated heterocycles. The summed E-state index contributed by atoms with van der Waals surface area (Å²) in [5.41, 5.74) is 2.12. The van der Waals surface area contributed by atoms with Crippen molar-refractivity contribution in [3.05, 3.63) is 35.4 Å². The Labute approximate surface area is 103 Å². The first-order chi connectivity index (χ1) is 8.14. The first-order valence-corrected chi connectivity index (χ1v) is 6.33. The highest BCUT2D eigenvalue weighted by Gasteiger charge is 2.52. The predicted molar refractivity (Wildman–Crippen MR) is 68.1 cm³/mol. The van der Waals surface area contributed by atoms with Gasteiger partial charge in [-0.2, -0.15) is 0 Å². The number of benzene rings is 1. The van der Waals surface area contributed by atoms with E-state index in [4.69, 9.17) is 4.74 Å². The first-order valence-electron chi connectivity index (χ1n) is 6.33. The second-order valence-electron chi connectivity index (χ2n) is 5.00. The van der Waals surface area contributed by atoms with Gasteiger partial charge in [-0.25, -0.2) is 0 Å². The van der Waals surface area contributed by atoms with Crippen LogP contribution in [-0.2, 0) is 14.9 Å². The monoisotopic (exact) mass is 232 g/mol. The fourth-order valence-electron chi connectivity index (χ4n) is 2.30. The molecule has 2 rings (SSSR count). The molecule has 0 heterocycles. The van der Waals surface area contributed by atoms with Crippen LogP contribution in [0.25, 0.3) is 0 Å². The highest BCUT2D eigenvalue weighted by Crippen LogP contribution is 2.49. The van der Waals surface area contributed by atoms with Crippen LogP contribution in [0.2, 0.25) is 0 Å². The zero-order valence-corrected chi connectivity index (χ0v) is 10.8. The van der Waals surface area contributed by atoms with Crippen molar-refractivity contribution in [1.82, 2.24) is 0 Å². The number of methoxy groups -OCH3 is 1. The summed E-state index contributed by atoms with van der Waals surface area (Å²) in [5, 5.41) is 0. The minimum absolute atomic E-state index is 0.0891. The van der Waals surface area contributed by atoms with Gasteiger partial charge in [-0.3, -0.25) is 4.79 Å². The second kappa shape index (κ2) is 4.52. The van der Waals surface area contributed by atoms with Crippen LogP contribution in [-0.4, -0.2) is 13.1 Å². The summed E-state index contributed by atoms with van der Waals surface area (Å²) in [5.74, 6) is 0.492. The lowest BCUT2D eigenvalue weighted by atomic mass is 9.92. The second-order valence-corrected chi connectivity index (χ2v) is 5.00. The molecule has 1 saturated carbocycles. The number of carbonyl (C=O) groups is 1.